The Labute approximate surface area is 133 Å². The number of aryl methyl sites for hydroxylation is 1. The molecule has 0 unspecified atom stereocenters. The third-order valence-electron chi connectivity index (χ3n) is 3.88. The molecule has 1 amide bonds. The van der Waals surface area contributed by atoms with Crippen molar-refractivity contribution in [1.29, 1.82) is 0 Å². The van der Waals surface area contributed by atoms with E-state index in [9.17, 15) is 9.59 Å². The van der Waals surface area contributed by atoms with Crippen molar-refractivity contribution in [3.8, 4) is 0 Å². The van der Waals surface area contributed by atoms with Crippen LogP contribution in [0.1, 0.15) is 35.7 Å². The number of pyridine rings is 1. The normalized spacial score (nSPS) is 18.1. The summed E-state index contributed by atoms with van der Waals surface area (Å²) in [7, 11) is 0. The maximum absolute atomic E-state index is 12.7. The summed E-state index contributed by atoms with van der Waals surface area (Å²) in [5.74, 6) is 0.730. The summed E-state index contributed by atoms with van der Waals surface area (Å²) in [5.41, 5.74) is 1.47. The van der Waals surface area contributed by atoms with E-state index in [1.165, 1.54) is 10.6 Å². The van der Waals surface area contributed by atoms with Gasteiger partial charge in [-0.05, 0) is 31.0 Å². The van der Waals surface area contributed by atoms with E-state index in [2.05, 4.69) is 11.9 Å². The van der Waals surface area contributed by atoms with Crippen molar-refractivity contribution in [2.75, 3.05) is 12.3 Å². The number of hydrogen-bond donors (Lipinski definition) is 0. The van der Waals surface area contributed by atoms with Crippen LogP contribution in [0.3, 0.4) is 0 Å². The van der Waals surface area contributed by atoms with Crippen molar-refractivity contribution in [2.24, 2.45) is 0 Å². The van der Waals surface area contributed by atoms with Crippen molar-refractivity contribution in [2.45, 2.75) is 32.1 Å². The molecule has 1 aliphatic rings. The van der Waals surface area contributed by atoms with Crippen molar-refractivity contribution in [3.05, 3.63) is 46.0 Å². The first kappa shape index (κ1) is 15.1. The maximum atomic E-state index is 12.7. The van der Waals surface area contributed by atoms with E-state index in [-0.39, 0.29) is 22.4 Å². The van der Waals surface area contributed by atoms with E-state index in [1.807, 2.05) is 24.0 Å². The van der Waals surface area contributed by atoms with Gasteiger partial charge in [0.1, 0.15) is 11.2 Å². The zero-order valence-corrected chi connectivity index (χ0v) is 13.6. The Balaban J connectivity index is 1.99. The highest BCUT2D eigenvalue weighted by Crippen LogP contribution is 2.28. The molecule has 0 bridgehead atoms. The first-order valence-electron chi connectivity index (χ1n) is 7.52. The van der Waals surface area contributed by atoms with Gasteiger partial charge in [0.15, 0.2) is 0 Å². The summed E-state index contributed by atoms with van der Waals surface area (Å²) in [6.07, 6.45) is 5.08. The van der Waals surface area contributed by atoms with Gasteiger partial charge in [0.05, 0.1) is 5.37 Å². The van der Waals surface area contributed by atoms with E-state index in [4.69, 9.17) is 0 Å². The van der Waals surface area contributed by atoms with Gasteiger partial charge in [-0.3, -0.25) is 14.0 Å². The Morgan fingerprint density at radius 1 is 1.50 bits per heavy atom. The number of amides is 1. The molecule has 0 N–H and O–H groups in total. The van der Waals surface area contributed by atoms with E-state index < -0.39 is 0 Å². The number of fused-ring (bicyclic) bond motifs is 1. The predicted molar refractivity (Wildman–Crippen MR) is 88.4 cm³/mol. The summed E-state index contributed by atoms with van der Waals surface area (Å²) in [6.45, 7) is 4.75. The highest BCUT2D eigenvalue weighted by Gasteiger charge is 2.30. The second-order valence-corrected chi connectivity index (χ2v) is 6.81. The van der Waals surface area contributed by atoms with Gasteiger partial charge in [0, 0.05) is 24.7 Å². The predicted octanol–water partition coefficient (Wildman–Crippen LogP) is 2.32. The Morgan fingerprint density at radius 2 is 2.32 bits per heavy atom. The van der Waals surface area contributed by atoms with E-state index in [0.717, 1.165) is 24.2 Å². The van der Waals surface area contributed by atoms with Crippen LogP contribution in [-0.2, 0) is 0 Å². The van der Waals surface area contributed by atoms with Gasteiger partial charge in [-0.1, -0.05) is 13.3 Å². The molecule has 0 spiro atoms. The highest BCUT2D eigenvalue weighted by atomic mass is 32.2. The number of carbonyl (C=O) groups is 1. The number of nitrogens with zero attached hydrogens (tertiary/aromatic N) is 3. The van der Waals surface area contributed by atoms with E-state index in [1.54, 1.807) is 18.0 Å². The van der Waals surface area contributed by atoms with Crippen LogP contribution < -0.4 is 5.56 Å². The van der Waals surface area contributed by atoms with Crippen LogP contribution >= 0.6 is 11.8 Å². The largest absolute Gasteiger partial charge is 0.326 e. The fourth-order valence-corrected chi connectivity index (χ4v) is 4.08. The molecule has 2 aromatic heterocycles. The van der Waals surface area contributed by atoms with E-state index >= 15 is 0 Å². The molecule has 2 aromatic rings. The standard InChI is InChI=1S/C16H19N3O2S/c1-3-4-14-19(7-8-22-14)16(21)12-10-17-13-9-11(2)5-6-18(13)15(12)20/h5-6,9-10,14H,3-4,7-8H2,1-2H3/t14-/m0/s1. The molecule has 1 fully saturated rings. The highest BCUT2D eigenvalue weighted by molar-refractivity contribution is 8.00. The number of thioether (sulfide) groups is 1. The van der Waals surface area contributed by atoms with Crippen LogP contribution in [0.4, 0.5) is 0 Å². The number of rotatable bonds is 3. The smallest absolute Gasteiger partial charge is 0.270 e. The lowest BCUT2D eigenvalue weighted by Crippen LogP contribution is -2.38. The molecule has 5 nitrogen and oxygen atoms in total. The van der Waals surface area contributed by atoms with Crippen LogP contribution in [0.5, 0.6) is 0 Å². The minimum absolute atomic E-state index is 0.157. The lowest BCUT2D eigenvalue weighted by molar-refractivity contribution is 0.0754. The van der Waals surface area contributed by atoms with Gasteiger partial charge in [-0.25, -0.2) is 4.98 Å². The summed E-state index contributed by atoms with van der Waals surface area (Å²) in [4.78, 5) is 31.4. The average Bonchev–Trinajstić information content (AvgIpc) is 2.95. The molecular formula is C16H19N3O2S. The molecule has 0 saturated carbocycles. The van der Waals surface area contributed by atoms with E-state index in [0.29, 0.717) is 12.2 Å². The SMILES string of the molecule is CCC[C@@H]1SCCN1C(=O)c1cnc2cc(C)ccn2c1=O. The second kappa shape index (κ2) is 6.12. The van der Waals surface area contributed by atoms with Crippen molar-refractivity contribution in [3.63, 3.8) is 0 Å². The topological polar surface area (TPSA) is 54.7 Å². The molecule has 0 aliphatic carbocycles. The van der Waals surface area contributed by atoms with Gasteiger partial charge in [-0.15, -0.1) is 11.8 Å². The molecule has 1 aliphatic heterocycles. The molecule has 22 heavy (non-hydrogen) atoms. The number of aromatic nitrogens is 2. The average molecular weight is 317 g/mol. The van der Waals surface area contributed by atoms with Gasteiger partial charge >= 0.3 is 0 Å². The zero-order valence-electron chi connectivity index (χ0n) is 12.8. The second-order valence-electron chi connectivity index (χ2n) is 5.52. The molecule has 1 atom stereocenters. The molecule has 0 aromatic carbocycles. The quantitative estimate of drug-likeness (QED) is 0.872. The third kappa shape index (κ3) is 2.63. The summed E-state index contributed by atoms with van der Waals surface area (Å²) < 4.78 is 1.44. The Bertz CT molecular complexity index is 772. The van der Waals surface area contributed by atoms with Crippen molar-refractivity contribution >= 4 is 23.3 Å². The van der Waals surface area contributed by atoms with Gasteiger partial charge in [0.2, 0.25) is 0 Å². The van der Waals surface area contributed by atoms with Crippen LogP contribution in [0.15, 0.2) is 29.3 Å². The molecule has 116 valence electrons. The minimum Gasteiger partial charge on any atom is -0.326 e. The molecular weight excluding hydrogens is 298 g/mol. The van der Waals surface area contributed by atoms with Crippen molar-refractivity contribution in [1.82, 2.24) is 14.3 Å². The molecule has 6 heteroatoms. The fraction of sp³-hybridized carbons (Fsp3) is 0.438. The third-order valence-corrected chi connectivity index (χ3v) is 5.18. The zero-order chi connectivity index (χ0) is 15.7. The first-order valence-corrected chi connectivity index (χ1v) is 8.57. The van der Waals surface area contributed by atoms with Crippen LogP contribution in [0.2, 0.25) is 0 Å². The van der Waals surface area contributed by atoms with Crippen LogP contribution in [0, 0.1) is 6.92 Å². The Hall–Kier alpha value is -1.82. The fourth-order valence-electron chi connectivity index (χ4n) is 2.72. The lowest BCUT2D eigenvalue weighted by Gasteiger charge is -2.23. The number of carbonyl (C=O) groups excluding carboxylic acids is 1. The molecule has 1 saturated heterocycles. The Kier molecular flexibility index (Phi) is 4.20. The van der Waals surface area contributed by atoms with Crippen LogP contribution in [0.25, 0.3) is 5.65 Å². The first-order chi connectivity index (χ1) is 10.6. The van der Waals surface area contributed by atoms with Gasteiger partial charge < -0.3 is 4.90 Å². The Morgan fingerprint density at radius 3 is 3.09 bits per heavy atom. The van der Waals surface area contributed by atoms with Gasteiger partial charge in [0.25, 0.3) is 11.5 Å². The molecule has 0 radical (unpaired) electrons. The van der Waals surface area contributed by atoms with Crippen molar-refractivity contribution < 1.29 is 4.79 Å². The summed E-state index contributed by atoms with van der Waals surface area (Å²) >= 11 is 1.79. The number of hydrogen-bond acceptors (Lipinski definition) is 4. The van der Waals surface area contributed by atoms with Crippen LogP contribution in [-0.4, -0.2) is 37.9 Å². The summed E-state index contributed by atoms with van der Waals surface area (Å²) in [5, 5.41) is 0.176. The maximum Gasteiger partial charge on any atom is 0.270 e. The lowest BCUT2D eigenvalue weighted by atomic mass is 10.2. The minimum atomic E-state index is -0.290. The molecule has 3 rings (SSSR count). The molecule has 3 heterocycles. The summed E-state index contributed by atoms with van der Waals surface area (Å²) in [6, 6.07) is 3.68. The monoisotopic (exact) mass is 317 g/mol. The van der Waals surface area contributed by atoms with Gasteiger partial charge in [-0.2, -0.15) is 0 Å².